The number of unbranched alkanes of at least 4 members (excludes halogenated alkanes) is 1. The third kappa shape index (κ3) is 3.44. The molecular formula is C10H22N4O. The lowest BCUT2D eigenvalue weighted by Gasteiger charge is -2.39. The Bertz CT molecular complexity index is 224. The quantitative estimate of drug-likeness (QED) is 0.745. The zero-order chi connectivity index (χ0) is 11.5. The highest BCUT2D eigenvalue weighted by atomic mass is 16.7. The van der Waals surface area contributed by atoms with Crippen LogP contribution in [-0.2, 0) is 4.84 Å². The molecule has 0 bridgehead atoms. The van der Waals surface area contributed by atoms with Crippen molar-refractivity contribution in [3.8, 4) is 0 Å². The van der Waals surface area contributed by atoms with Crippen LogP contribution in [0.15, 0.2) is 0 Å². The van der Waals surface area contributed by atoms with Crippen molar-refractivity contribution in [3.05, 3.63) is 0 Å². The van der Waals surface area contributed by atoms with E-state index in [0.29, 0.717) is 6.54 Å². The van der Waals surface area contributed by atoms with Crippen LogP contribution in [0.1, 0.15) is 40.5 Å². The zero-order valence-electron chi connectivity index (χ0n) is 10.1. The van der Waals surface area contributed by atoms with Gasteiger partial charge in [-0.2, -0.15) is 0 Å². The largest absolute Gasteiger partial charge is 0.376 e. The Kier molecular flexibility index (Phi) is 4.07. The van der Waals surface area contributed by atoms with Gasteiger partial charge in [-0.3, -0.25) is 5.41 Å². The van der Waals surface area contributed by atoms with Crippen LogP contribution >= 0.6 is 0 Å². The Morgan fingerprint density at radius 3 is 2.60 bits per heavy atom. The topological polar surface area (TPSA) is 51.6 Å². The van der Waals surface area contributed by atoms with Crippen molar-refractivity contribution in [1.82, 2.24) is 15.7 Å². The molecule has 0 atom stereocenters. The fraction of sp³-hybridized carbons (Fsp3) is 0.900. The maximum atomic E-state index is 7.40. The lowest BCUT2D eigenvalue weighted by Crippen LogP contribution is -2.55. The minimum absolute atomic E-state index is 0.0378. The zero-order valence-corrected chi connectivity index (χ0v) is 10.1. The number of nitrogens with one attached hydrogen (secondary N) is 2. The summed E-state index contributed by atoms with van der Waals surface area (Å²) in [6.07, 6.45) is 2.31. The van der Waals surface area contributed by atoms with E-state index < -0.39 is 0 Å². The summed E-state index contributed by atoms with van der Waals surface area (Å²) in [5.41, 5.74) is 2.79. The molecule has 1 saturated heterocycles. The first-order chi connectivity index (χ1) is 6.95. The molecule has 2 N–H and O–H groups in total. The van der Waals surface area contributed by atoms with E-state index in [1.807, 2.05) is 5.12 Å². The van der Waals surface area contributed by atoms with Gasteiger partial charge in [0.1, 0.15) is 6.54 Å². The van der Waals surface area contributed by atoms with E-state index in [9.17, 15) is 0 Å². The molecule has 88 valence electrons. The Balaban J connectivity index is 2.59. The second kappa shape index (κ2) is 4.92. The maximum Gasteiger partial charge on any atom is 0.225 e. The van der Waals surface area contributed by atoms with Gasteiger partial charge in [0.25, 0.3) is 0 Å². The highest BCUT2D eigenvalue weighted by Crippen LogP contribution is 2.17. The molecule has 0 amide bonds. The fourth-order valence-electron chi connectivity index (χ4n) is 1.57. The van der Waals surface area contributed by atoms with Crippen LogP contribution in [-0.4, -0.2) is 34.7 Å². The average molecular weight is 214 g/mol. The number of hydrogen-bond acceptors (Lipinski definition) is 5. The molecule has 15 heavy (non-hydrogen) atoms. The van der Waals surface area contributed by atoms with Gasteiger partial charge < -0.3 is 4.84 Å². The second-order valence-corrected chi connectivity index (χ2v) is 4.82. The Morgan fingerprint density at radius 1 is 1.53 bits per heavy atom. The number of hydrazine groups is 2. The van der Waals surface area contributed by atoms with Gasteiger partial charge in [0.15, 0.2) is 0 Å². The Morgan fingerprint density at radius 2 is 2.20 bits per heavy atom. The van der Waals surface area contributed by atoms with E-state index in [-0.39, 0.29) is 11.4 Å². The van der Waals surface area contributed by atoms with Crippen molar-refractivity contribution >= 4 is 5.90 Å². The summed E-state index contributed by atoms with van der Waals surface area (Å²) in [5.74, 6) is 0.265. The summed E-state index contributed by atoms with van der Waals surface area (Å²) in [6.45, 7) is 10.1. The lowest BCUT2D eigenvalue weighted by atomic mass is 10.1. The van der Waals surface area contributed by atoms with Gasteiger partial charge in [-0.15, -0.1) is 5.12 Å². The lowest BCUT2D eigenvalue weighted by molar-refractivity contribution is -0.154. The van der Waals surface area contributed by atoms with Gasteiger partial charge in [-0.05, 0) is 27.2 Å². The van der Waals surface area contributed by atoms with Crippen LogP contribution in [0.5, 0.6) is 0 Å². The standard InChI is InChI=1S/C10H22N4O/c1-5-6-7-13(10(2,3)4)14-8-9(11)15-12-14/h11-12H,5-8H2,1-4H3. The predicted molar refractivity (Wildman–Crippen MR) is 60.0 cm³/mol. The smallest absolute Gasteiger partial charge is 0.225 e. The van der Waals surface area contributed by atoms with Crippen molar-refractivity contribution in [2.24, 2.45) is 0 Å². The van der Waals surface area contributed by atoms with E-state index in [1.165, 1.54) is 6.42 Å². The highest BCUT2D eigenvalue weighted by Gasteiger charge is 2.31. The van der Waals surface area contributed by atoms with E-state index in [2.05, 4.69) is 38.3 Å². The third-order valence-electron chi connectivity index (χ3n) is 2.36. The van der Waals surface area contributed by atoms with Crippen LogP contribution in [0.2, 0.25) is 0 Å². The first kappa shape index (κ1) is 12.4. The van der Waals surface area contributed by atoms with Crippen LogP contribution in [0.25, 0.3) is 0 Å². The monoisotopic (exact) mass is 214 g/mol. The molecular weight excluding hydrogens is 192 g/mol. The summed E-state index contributed by atoms with van der Waals surface area (Å²) < 4.78 is 0. The summed E-state index contributed by atoms with van der Waals surface area (Å²) in [7, 11) is 0. The van der Waals surface area contributed by atoms with Crippen molar-refractivity contribution in [1.29, 1.82) is 5.41 Å². The van der Waals surface area contributed by atoms with Gasteiger partial charge in [-0.1, -0.05) is 18.9 Å². The SMILES string of the molecule is CCCCN(N1CC(=N)ON1)C(C)(C)C. The van der Waals surface area contributed by atoms with Gasteiger partial charge in [0, 0.05) is 12.1 Å². The molecule has 0 radical (unpaired) electrons. The average Bonchev–Trinajstić information content (AvgIpc) is 2.50. The van der Waals surface area contributed by atoms with E-state index in [0.717, 1.165) is 13.0 Å². The van der Waals surface area contributed by atoms with E-state index >= 15 is 0 Å². The molecule has 1 rings (SSSR count). The molecule has 0 saturated carbocycles. The van der Waals surface area contributed by atoms with Gasteiger partial charge in [-0.25, -0.2) is 5.01 Å². The number of nitrogens with zero attached hydrogens (tertiary/aromatic N) is 2. The second-order valence-electron chi connectivity index (χ2n) is 4.82. The van der Waals surface area contributed by atoms with E-state index in [4.69, 9.17) is 10.2 Å². The van der Waals surface area contributed by atoms with Gasteiger partial charge >= 0.3 is 0 Å². The van der Waals surface area contributed by atoms with Crippen LogP contribution in [0.3, 0.4) is 0 Å². The molecule has 0 aromatic rings. The molecule has 0 spiro atoms. The Hall–Kier alpha value is -0.650. The summed E-state index contributed by atoms with van der Waals surface area (Å²) in [4.78, 5) is 4.94. The molecule has 1 aliphatic heterocycles. The first-order valence-corrected chi connectivity index (χ1v) is 5.50. The number of hydrogen-bond donors (Lipinski definition) is 2. The predicted octanol–water partition coefficient (Wildman–Crippen LogP) is 1.53. The van der Waals surface area contributed by atoms with Gasteiger partial charge in [0.2, 0.25) is 5.90 Å². The fourth-order valence-corrected chi connectivity index (χ4v) is 1.57. The summed E-state index contributed by atoms with van der Waals surface area (Å²) in [5, 5.41) is 11.5. The van der Waals surface area contributed by atoms with Crippen molar-refractivity contribution < 1.29 is 4.84 Å². The molecule has 1 aliphatic rings. The molecule has 0 aromatic heterocycles. The summed E-state index contributed by atoms with van der Waals surface area (Å²) >= 11 is 0. The minimum Gasteiger partial charge on any atom is -0.376 e. The molecule has 1 fully saturated rings. The molecule has 1 heterocycles. The number of rotatable bonds is 4. The third-order valence-corrected chi connectivity index (χ3v) is 2.36. The minimum atomic E-state index is 0.0378. The van der Waals surface area contributed by atoms with Crippen molar-refractivity contribution in [2.45, 2.75) is 46.1 Å². The van der Waals surface area contributed by atoms with Gasteiger partial charge in [0.05, 0.1) is 0 Å². The van der Waals surface area contributed by atoms with Crippen molar-refractivity contribution in [2.75, 3.05) is 13.1 Å². The summed E-state index contributed by atoms with van der Waals surface area (Å²) in [6, 6.07) is 0. The van der Waals surface area contributed by atoms with Crippen molar-refractivity contribution in [3.63, 3.8) is 0 Å². The molecule has 5 nitrogen and oxygen atoms in total. The van der Waals surface area contributed by atoms with Crippen LogP contribution in [0, 0.1) is 5.41 Å². The van der Waals surface area contributed by atoms with Crippen LogP contribution in [0.4, 0.5) is 0 Å². The van der Waals surface area contributed by atoms with E-state index in [1.54, 1.807) is 0 Å². The molecule has 0 unspecified atom stereocenters. The van der Waals surface area contributed by atoms with Crippen LogP contribution < -0.4 is 5.59 Å². The maximum absolute atomic E-state index is 7.40. The first-order valence-electron chi connectivity index (χ1n) is 5.50. The molecule has 0 aliphatic carbocycles. The normalized spacial score (nSPS) is 18.6. The molecule has 0 aromatic carbocycles. The Labute approximate surface area is 91.8 Å². The highest BCUT2D eigenvalue weighted by molar-refractivity contribution is 5.75. The molecule has 5 heteroatoms.